The molecular formula is C9H15N3. The van der Waals surface area contributed by atoms with Gasteiger partial charge in [-0.25, -0.2) is 0 Å². The Balaban J connectivity index is 3.82. The molecule has 0 fully saturated rings. The van der Waals surface area contributed by atoms with E-state index in [1.165, 1.54) is 0 Å². The van der Waals surface area contributed by atoms with E-state index >= 15 is 0 Å². The minimum absolute atomic E-state index is 0.176. The van der Waals surface area contributed by atoms with Crippen LogP contribution in [0.5, 0.6) is 0 Å². The molecule has 0 saturated heterocycles. The maximum absolute atomic E-state index is 8.73. The van der Waals surface area contributed by atoms with Gasteiger partial charge in [0.1, 0.15) is 0 Å². The molecule has 0 spiro atoms. The van der Waals surface area contributed by atoms with Gasteiger partial charge in [0.15, 0.2) is 0 Å². The first-order valence-electron chi connectivity index (χ1n) is 4.26. The van der Waals surface area contributed by atoms with E-state index < -0.39 is 0 Å². The second-order valence-electron chi connectivity index (χ2n) is 2.91. The van der Waals surface area contributed by atoms with Gasteiger partial charge in [0.2, 0.25) is 0 Å². The molecule has 0 heterocycles. The van der Waals surface area contributed by atoms with Gasteiger partial charge >= 0.3 is 0 Å². The molecule has 0 bridgehead atoms. The van der Waals surface area contributed by atoms with E-state index in [2.05, 4.69) is 18.3 Å². The number of hydrogen-bond acceptors (Lipinski definition) is 3. The Morgan fingerprint density at radius 3 is 2.50 bits per heavy atom. The molecule has 66 valence electrons. The Labute approximate surface area is 74.0 Å². The molecule has 2 atom stereocenters. The summed E-state index contributed by atoms with van der Waals surface area (Å²) in [6.07, 6.45) is 2.10. The van der Waals surface area contributed by atoms with Crippen molar-refractivity contribution in [3.05, 3.63) is 0 Å². The first-order valence-corrected chi connectivity index (χ1v) is 4.26. The minimum atomic E-state index is -0.176. The molecule has 0 saturated carbocycles. The number of rotatable bonds is 5. The fourth-order valence-electron chi connectivity index (χ4n) is 1.15. The molecule has 1 N–H and O–H groups in total. The highest BCUT2D eigenvalue weighted by Crippen LogP contribution is 2.09. The summed E-state index contributed by atoms with van der Waals surface area (Å²) in [6, 6.07) is 3.95. The van der Waals surface area contributed by atoms with Gasteiger partial charge in [0.05, 0.1) is 24.7 Å². The van der Waals surface area contributed by atoms with E-state index in [1.54, 1.807) is 0 Å². The SMILES string of the molecule is CCCC(C)C(C#N)NCC#N. The zero-order valence-corrected chi connectivity index (χ0v) is 7.67. The normalized spacial score (nSPS) is 14.3. The van der Waals surface area contributed by atoms with Gasteiger partial charge in [-0.2, -0.15) is 10.5 Å². The second-order valence-corrected chi connectivity index (χ2v) is 2.91. The minimum Gasteiger partial charge on any atom is -0.289 e. The lowest BCUT2D eigenvalue weighted by atomic mass is 9.98. The van der Waals surface area contributed by atoms with Crippen molar-refractivity contribution >= 4 is 0 Å². The molecule has 12 heavy (non-hydrogen) atoms. The summed E-state index contributed by atoms with van der Waals surface area (Å²) >= 11 is 0. The fourth-order valence-corrected chi connectivity index (χ4v) is 1.15. The summed E-state index contributed by atoms with van der Waals surface area (Å²) in [7, 11) is 0. The third-order valence-corrected chi connectivity index (χ3v) is 1.85. The van der Waals surface area contributed by atoms with Crippen molar-refractivity contribution in [1.82, 2.24) is 5.32 Å². The van der Waals surface area contributed by atoms with Crippen molar-refractivity contribution in [2.45, 2.75) is 32.7 Å². The van der Waals surface area contributed by atoms with Gasteiger partial charge < -0.3 is 0 Å². The van der Waals surface area contributed by atoms with Gasteiger partial charge in [-0.15, -0.1) is 0 Å². The summed E-state index contributed by atoms with van der Waals surface area (Å²) in [4.78, 5) is 0. The van der Waals surface area contributed by atoms with Crippen LogP contribution in [0.25, 0.3) is 0 Å². The van der Waals surface area contributed by atoms with Crippen molar-refractivity contribution in [3.63, 3.8) is 0 Å². The van der Waals surface area contributed by atoms with E-state index in [0.29, 0.717) is 5.92 Å². The standard InChI is InChI=1S/C9H15N3/c1-3-4-8(2)9(7-11)12-6-5-10/h8-9,12H,3-4,6H2,1-2H3. The van der Waals surface area contributed by atoms with Crippen molar-refractivity contribution in [2.75, 3.05) is 6.54 Å². The third-order valence-electron chi connectivity index (χ3n) is 1.85. The van der Waals surface area contributed by atoms with E-state index in [1.807, 2.05) is 13.0 Å². The van der Waals surface area contributed by atoms with Crippen LogP contribution in [-0.2, 0) is 0 Å². The van der Waals surface area contributed by atoms with Crippen molar-refractivity contribution in [1.29, 1.82) is 10.5 Å². The Bertz CT molecular complexity index is 187. The maximum atomic E-state index is 8.73. The Hall–Kier alpha value is -1.06. The maximum Gasteiger partial charge on any atom is 0.0986 e. The molecule has 0 aliphatic carbocycles. The van der Waals surface area contributed by atoms with Crippen LogP contribution in [0.1, 0.15) is 26.7 Å². The molecule has 0 aliphatic heterocycles. The van der Waals surface area contributed by atoms with Crippen LogP contribution in [0.3, 0.4) is 0 Å². The molecular weight excluding hydrogens is 150 g/mol. The zero-order chi connectivity index (χ0) is 9.40. The smallest absolute Gasteiger partial charge is 0.0986 e. The summed E-state index contributed by atoms with van der Waals surface area (Å²) in [5, 5.41) is 19.9. The topological polar surface area (TPSA) is 59.6 Å². The molecule has 2 unspecified atom stereocenters. The lowest BCUT2D eigenvalue weighted by Gasteiger charge is -2.16. The summed E-state index contributed by atoms with van der Waals surface area (Å²) in [5.41, 5.74) is 0. The van der Waals surface area contributed by atoms with Crippen LogP contribution in [0.15, 0.2) is 0 Å². The summed E-state index contributed by atoms with van der Waals surface area (Å²) in [6.45, 7) is 4.38. The first kappa shape index (κ1) is 10.9. The van der Waals surface area contributed by atoms with Crippen LogP contribution in [-0.4, -0.2) is 12.6 Å². The highest BCUT2D eigenvalue weighted by Gasteiger charge is 2.14. The second kappa shape index (κ2) is 6.64. The largest absolute Gasteiger partial charge is 0.289 e. The summed E-state index contributed by atoms with van der Waals surface area (Å²) in [5.74, 6) is 0.327. The Morgan fingerprint density at radius 2 is 2.08 bits per heavy atom. The van der Waals surface area contributed by atoms with E-state index in [9.17, 15) is 0 Å². The molecule has 0 amide bonds. The molecule has 0 radical (unpaired) electrons. The van der Waals surface area contributed by atoms with Gasteiger partial charge in [-0.05, 0) is 12.3 Å². The Kier molecular flexibility index (Phi) is 6.05. The number of hydrogen-bond donors (Lipinski definition) is 1. The average Bonchev–Trinajstić information content (AvgIpc) is 2.06. The summed E-state index contributed by atoms with van der Waals surface area (Å²) < 4.78 is 0. The first-order chi connectivity index (χ1) is 5.76. The highest BCUT2D eigenvalue weighted by molar-refractivity contribution is 4.95. The van der Waals surface area contributed by atoms with Crippen LogP contribution in [0.2, 0.25) is 0 Å². The molecule has 0 rings (SSSR count). The number of nitriles is 2. The molecule has 0 aromatic heterocycles. The van der Waals surface area contributed by atoms with Crippen molar-refractivity contribution in [2.24, 2.45) is 5.92 Å². The highest BCUT2D eigenvalue weighted by atomic mass is 14.9. The number of nitrogens with one attached hydrogen (secondary N) is 1. The fraction of sp³-hybridized carbons (Fsp3) is 0.778. The lowest BCUT2D eigenvalue weighted by molar-refractivity contribution is 0.427. The quantitative estimate of drug-likeness (QED) is 0.627. The van der Waals surface area contributed by atoms with E-state index in [-0.39, 0.29) is 12.6 Å². The molecule has 0 aliphatic rings. The van der Waals surface area contributed by atoms with Gasteiger partial charge in [-0.1, -0.05) is 20.3 Å². The van der Waals surface area contributed by atoms with E-state index in [4.69, 9.17) is 10.5 Å². The monoisotopic (exact) mass is 165 g/mol. The predicted octanol–water partition coefficient (Wildman–Crippen LogP) is 1.43. The van der Waals surface area contributed by atoms with Gasteiger partial charge in [0.25, 0.3) is 0 Å². The van der Waals surface area contributed by atoms with Crippen molar-refractivity contribution in [3.8, 4) is 12.1 Å². The third kappa shape index (κ3) is 3.95. The number of nitrogens with zero attached hydrogens (tertiary/aromatic N) is 2. The van der Waals surface area contributed by atoms with Gasteiger partial charge in [0, 0.05) is 0 Å². The van der Waals surface area contributed by atoms with Crippen molar-refractivity contribution < 1.29 is 0 Å². The van der Waals surface area contributed by atoms with Crippen LogP contribution in [0, 0.1) is 28.6 Å². The lowest BCUT2D eigenvalue weighted by Crippen LogP contribution is -2.33. The molecule has 0 aromatic rings. The van der Waals surface area contributed by atoms with E-state index in [0.717, 1.165) is 12.8 Å². The average molecular weight is 165 g/mol. The Morgan fingerprint density at radius 1 is 1.42 bits per heavy atom. The molecule has 0 aromatic carbocycles. The molecule has 3 heteroatoms. The molecule has 3 nitrogen and oxygen atoms in total. The zero-order valence-electron chi connectivity index (χ0n) is 7.67. The van der Waals surface area contributed by atoms with Crippen LogP contribution >= 0.6 is 0 Å². The predicted molar refractivity (Wildman–Crippen MR) is 47.1 cm³/mol. The van der Waals surface area contributed by atoms with Crippen LogP contribution < -0.4 is 5.32 Å². The van der Waals surface area contributed by atoms with Gasteiger partial charge in [-0.3, -0.25) is 5.32 Å². The van der Waals surface area contributed by atoms with Crippen LogP contribution in [0.4, 0.5) is 0 Å².